The van der Waals surface area contributed by atoms with E-state index in [1.54, 1.807) is 25.4 Å². The number of alkyl halides is 3. The summed E-state index contributed by atoms with van der Waals surface area (Å²) in [4.78, 5) is 17.2. The Labute approximate surface area is 176 Å². The van der Waals surface area contributed by atoms with Gasteiger partial charge in [0.15, 0.2) is 5.76 Å². The highest BCUT2D eigenvalue weighted by Crippen LogP contribution is 2.30. The Hall–Kier alpha value is -2.83. The fourth-order valence-corrected chi connectivity index (χ4v) is 4.73. The molecule has 3 rings (SSSR count). The van der Waals surface area contributed by atoms with Gasteiger partial charge in [0.25, 0.3) is 5.56 Å². The number of ether oxygens (including phenoxy) is 1. The third-order valence-electron chi connectivity index (χ3n) is 4.83. The summed E-state index contributed by atoms with van der Waals surface area (Å²) in [6.07, 6.45) is -2.72. The van der Waals surface area contributed by atoms with Gasteiger partial charge < -0.3 is 14.1 Å². The standard InChI is InChI=1S/C19H20F3N3O5S/c1-24-10-2-3-16(18(24)26)17(30-23)13-8-11-25(12-9-13)31(27,28)15-6-4-14(5-7-15)29-19(20,21)22/h2-7,10H,8-9,11-12,23H2,1H3. The van der Waals surface area contributed by atoms with Gasteiger partial charge >= 0.3 is 6.36 Å². The van der Waals surface area contributed by atoms with Crippen molar-refractivity contribution >= 4 is 15.8 Å². The van der Waals surface area contributed by atoms with Crippen LogP contribution in [0.4, 0.5) is 13.2 Å². The van der Waals surface area contributed by atoms with Crippen molar-refractivity contribution in [2.45, 2.75) is 24.1 Å². The van der Waals surface area contributed by atoms with Crippen LogP contribution in [0.15, 0.2) is 57.9 Å². The van der Waals surface area contributed by atoms with Gasteiger partial charge in [0, 0.05) is 26.3 Å². The minimum absolute atomic E-state index is 0.0957. The Morgan fingerprint density at radius 2 is 1.71 bits per heavy atom. The highest BCUT2D eigenvalue weighted by atomic mass is 32.2. The second kappa shape index (κ2) is 8.73. The van der Waals surface area contributed by atoms with E-state index >= 15 is 0 Å². The molecule has 0 amide bonds. The fraction of sp³-hybridized carbons (Fsp3) is 0.316. The molecular weight excluding hydrogens is 439 g/mol. The van der Waals surface area contributed by atoms with Crippen LogP contribution in [0.2, 0.25) is 0 Å². The third kappa shape index (κ3) is 5.09. The molecule has 0 unspecified atom stereocenters. The second-order valence-corrected chi connectivity index (χ2v) is 8.75. The molecule has 0 radical (unpaired) electrons. The number of piperidine rings is 1. The Kier molecular flexibility index (Phi) is 6.43. The molecule has 1 fully saturated rings. The fourth-order valence-electron chi connectivity index (χ4n) is 3.29. The summed E-state index contributed by atoms with van der Waals surface area (Å²) in [6.45, 7) is 0.191. The van der Waals surface area contributed by atoms with E-state index in [0.29, 0.717) is 5.57 Å². The van der Waals surface area contributed by atoms with Crippen LogP contribution < -0.4 is 16.2 Å². The molecule has 1 aliphatic heterocycles. The van der Waals surface area contributed by atoms with E-state index in [1.165, 1.54) is 8.87 Å². The van der Waals surface area contributed by atoms with Crippen LogP contribution in [0.3, 0.4) is 0 Å². The Morgan fingerprint density at radius 3 is 2.26 bits per heavy atom. The summed E-state index contributed by atoms with van der Waals surface area (Å²) in [5.74, 6) is 5.10. The zero-order chi connectivity index (χ0) is 22.8. The summed E-state index contributed by atoms with van der Waals surface area (Å²) in [7, 11) is -2.33. The molecule has 0 atom stereocenters. The highest BCUT2D eigenvalue weighted by molar-refractivity contribution is 7.89. The number of sulfonamides is 1. The average Bonchev–Trinajstić information content (AvgIpc) is 2.71. The minimum Gasteiger partial charge on any atom is -0.411 e. The normalized spacial score (nSPS) is 15.6. The van der Waals surface area contributed by atoms with Crippen molar-refractivity contribution in [2.24, 2.45) is 12.9 Å². The number of pyridine rings is 1. The molecule has 2 heterocycles. The van der Waals surface area contributed by atoms with E-state index in [9.17, 15) is 26.4 Å². The molecule has 0 saturated carbocycles. The lowest BCUT2D eigenvalue weighted by Gasteiger charge is -2.28. The quantitative estimate of drug-likeness (QED) is 0.544. The molecular formula is C19H20F3N3O5S. The van der Waals surface area contributed by atoms with Crippen LogP contribution in [-0.4, -0.2) is 36.7 Å². The number of hydrogen-bond donors (Lipinski definition) is 1. The molecule has 0 spiro atoms. The largest absolute Gasteiger partial charge is 0.573 e. The van der Waals surface area contributed by atoms with Gasteiger partial charge in [-0.3, -0.25) is 4.79 Å². The number of aryl methyl sites for hydroxylation is 1. The van der Waals surface area contributed by atoms with Gasteiger partial charge in [0.05, 0.1) is 10.5 Å². The third-order valence-corrected chi connectivity index (χ3v) is 6.74. The maximum absolute atomic E-state index is 12.8. The molecule has 168 valence electrons. The molecule has 0 aliphatic carbocycles. The van der Waals surface area contributed by atoms with Crippen molar-refractivity contribution in [2.75, 3.05) is 13.1 Å². The number of hydrogen-bond acceptors (Lipinski definition) is 6. The second-order valence-electron chi connectivity index (χ2n) is 6.81. The lowest BCUT2D eigenvalue weighted by atomic mass is 10.0. The molecule has 31 heavy (non-hydrogen) atoms. The molecule has 2 aromatic rings. The summed E-state index contributed by atoms with van der Waals surface area (Å²) >= 11 is 0. The molecule has 1 aliphatic rings. The SMILES string of the molecule is Cn1cccc(C(ON)=C2CCN(S(=O)(=O)c3ccc(OC(F)(F)F)cc3)CC2)c1=O. The van der Waals surface area contributed by atoms with Crippen molar-refractivity contribution in [3.63, 3.8) is 0 Å². The first kappa shape index (κ1) is 22.8. The molecule has 0 bridgehead atoms. The van der Waals surface area contributed by atoms with Crippen LogP contribution in [0.5, 0.6) is 5.75 Å². The summed E-state index contributed by atoms with van der Waals surface area (Å²) in [5, 5.41) is 0. The maximum atomic E-state index is 12.8. The number of rotatable bonds is 5. The molecule has 1 aromatic heterocycles. The monoisotopic (exact) mass is 459 g/mol. The van der Waals surface area contributed by atoms with Crippen molar-refractivity contribution in [3.05, 3.63) is 64.1 Å². The average molecular weight is 459 g/mol. The number of nitrogens with zero attached hydrogens (tertiary/aromatic N) is 2. The van der Waals surface area contributed by atoms with Crippen LogP contribution >= 0.6 is 0 Å². The zero-order valence-corrected chi connectivity index (χ0v) is 17.2. The Balaban J connectivity index is 1.78. The van der Waals surface area contributed by atoms with E-state index in [4.69, 9.17) is 10.7 Å². The summed E-state index contributed by atoms with van der Waals surface area (Å²) in [6, 6.07) is 7.25. The highest BCUT2D eigenvalue weighted by Gasteiger charge is 2.32. The van der Waals surface area contributed by atoms with Crippen molar-refractivity contribution in [1.82, 2.24) is 8.87 Å². The Morgan fingerprint density at radius 1 is 1.10 bits per heavy atom. The van der Waals surface area contributed by atoms with Crippen molar-refractivity contribution in [1.29, 1.82) is 0 Å². The van der Waals surface area contributed by atoms with Gasteiger partial charge in [-0.2, -0.15) is 10.2 Å². The van der Waals surface area contributed by atoms with Crippen LogP contribution in [0.25, 0.3) is 5.76 Å². The molecule has 1 aromatic carbocycles. The van der Waals surface area contributed by atoms with E-state index in [1.807, 2.05) is 0 Å². The predicted molar refractivity (Wildman–Crippen MR) is 105 cm³/mol. The van der Waals surface area contributed by atoms with E-state index in [2.05, 4.69) is 4.74 Å². The zero-order valence-electron chi connectivity index (χ0n) is 16.4. The predicted octanol–water partition coefficient (Wildman–Crippen LogP) is 2.37. The first-order valence-electron chi connectivity index (χ1n) is 9.13. The van der Waals surface area contributed by atoms with Gasteiger partial charge in [-0.25, -0.2) is 8.42 Å². The summed E-state index contributed by atoms with van der Waals surface area (Å²) in [5.41, 5.74) is 0.678. The van der Waals surface area contributed by atoms with Crippen molar-refractivity contribution in [3.8, 4) is 5.75 Å². The van der Waals surface area contributed by atoms with Gasteiger partial charge in [-0.05, 0) is 54.8 Å². The van der Waals surface area contributed by atoms with E-state index in [-0.39, 0.29) is 47.7 Å². The van der Waals surface area contributed by atoms with E-state index < -0.39 is 22.1 Å². The molecule has 8 nitrogen and oxygen atoms in total. The number of aromatic nitrogens is 1. The lowest BCUT2D eigenvalue weighted by molar-refractivity contribution is -0.274. The molecule has 1 saturated heterocycles. The number of halogens is 3. The van der Waals surface area contributed by atoms with Gasteiger partial charge in [0.1, 0.15) is 5.75 Å². The van der Waals surface area contributed by atoms with Gasteiger partial charge in [0.2, 0.25) is 10.0 Å². The number of benzene rings is 1. The van der Waals surface area contributed by atoms with Gasteiger partial charge in [-0.1, -0.05) is 0 Å². The van der Waals surface area contributed by atoms with Crippen LogP contribution in [-0.2, 0) is 21.9 Å². The summed E-state index contributed by atoms with van der Waals surface area (Å²) < 4.78 is 68.8. The topological polar surface area (TPSA) is 104 Å². The van der Waals surface area contributed by atoms with Crippen LogP contribution in [0, 0.1) is 0 Å². The van der Waals surface area contributed by atoms with Crippen LogP contribution in [0.1, 0.15) is 18.4 Å². The first-order valence-corrected chi connectivity index (χ1v) is 10.6. The lowest BCUT2D eigenvalue weighted by Crippen LogP contribution is -2.37. The Bertz CT molecular complexity index is 1130. The van der Waals surface area contributed by atoms with E-state index in [0.717, 1.165) is 24.3 Å². The molecule has 12 heteroatoms. The first-order chi connectivity index (χ1) is 14.5. The maximum Gasteiger partial charge on any atom is 0.573 e. The molecule has 2 N–H and O–H groups in total. The van der Waals surface area contributed by atoms with Crippen molar-refractivity contribution < 1.29 is 31.2 Å². The number of nitrogens with two attached hydrogens (primary N) is 1. The smallest absolute Gasteiger partial charge is 0.411 e. The van der Waals surface area contributed by atoms with Gasteiger partial charge in [-0.15, -0.1) is 13.2 Å². The minimum atomic E-state index is -4.86.